The summed E-state index contributed by atoms with van der Waals surface area (Å²) in [7, 11) is 1.51. The van der Waals surface area contributed by atoms with Gasteiger partial charge in [0.25, 0.3) is 11.8 Å². The molecule has 1 N–H and O–H groups in total. The van der Waals surface area contributed by atoms with E-state index >= 15 is 0 Å². The number of likely N-dealkylation sites (tertiary alicyclic amines) is 1. The first-order valence-electron chi connectivity index (χ1n) is 10.0. The molecule has 0 saturated carbocycles. The number of piperidine rings is 1. The summed E-state index contributed by atoms with van der Waals surface area (Å²) in [5, 5.41) is 2.80. The Labute approximate surface area is 175 Å². The van der Waals surface area contributed by atoms with Gasteiger partial charge >= 0.3 is 0 Å². The van der Waals surface area contributed by atoms with Gasteiger partial charge in [-0.3, -0.25) is 9.59 Å². The van der Waals surface area contributed by atoms with E-state index in [0.717, 1.165) is 24.8 Å². The summed E-state index contributed by atoms with van der Waals surface area (Å²) < 4.78 is 16.1. The fourth-order valence-corrected chi connectivity index (χ4v) is 3.61. The van der Waals surface area contributed by atoms with E-state index in [1.54, 1.807) is 47.4 Å². The van der Waals surface area contributed by atoms with Crippen LogP contribution in [-0.2, 0) is 4.79 Å². The van der Waals surface area contributed by atoms with Crippen molar-refractivity contribution in [3.05, 3.63) is 59.3 Å². The summed E-state index contributed by atoms with van der Waals surface area (Å²) in [4.78, 5) is 27.9. The van der Waals surface area contributed by atoms with Gasteiger partial charge in [-0.15, -0.1) is 0 Å². The average Bonchev–Trinajstić information content (AvgIpc) is 3.26. The van der Waals surface area contributed by atoms with Crippen molar-refractivity contribution >= 4 is 17.9 Å². The van der Waals surface area contributed by atoms with E-state index in [1.165, 1.54) is 7.11 Å². The van der Waals surface area contributed by atoms with E-state index in [0.29, 0.717) is 35.9 Å². The maximum absolute atomic E-state index is 13.2. The third-order valence-electron chi connectivity index (χ3n) is 5.18. The number of fused-ring (bicyclic) bond motifs is 1. The highest BCUT2D eigenvalue weighted by Gasteiger charge is 2.24. The summed E-state index contributed by atoms with van der Waals surface area (Å²) in [6.45, 7) is 1.54. The standard InChI is InChI=1S/C23H24N2O5/c1-28-19-8-4-3-7-17(19)22(26)24-18(23(27)25-11-5-2-6-12-25)13-16-9-10-20-21(14-16)30-15-29-20/h3-4,7-10,13-14H,2,5-6,11-12,15H2,1H3,(H,24,26)/b18-13+. The Morgan fingerprint density at radius 2 is 1.80 bits per heavy atom. The summed E-state index contributed by atoms with van der Waals surface area (Å²) in [5.74, 6) is 1.13. The molecule has 1 saturated heterocycles. The van der Waals surface area contributed by atoms with Gasteiger partial charge in [-0.2, -0.15) is 0 Å². The van der Waals surface area contributed by atoms with Crippen LogP contribution in [0.5, 0.6) is 17.2 Å². The van der Waals surface area contributed by atoms with E-state index in [1.807, 2.05) is 6.07 Å². The third kappa shape index (κ3) is 4.25. The van der Waals surface area contributed by atoms with Crippen molar-refractivity contribution in [3.8, 4) is 17.2 Å². The van der Waals surface area contributed by atoms with Gasteiger partial charge in [-0.05, 0) is 55.2 Å². The van der Waals surface area contributed by atoms with Gasteiger partial charge in [0.15, 0.2) is 11.5 Å². The normalized spacial score (nSPS) is 15.6. The Hall–Kier alpha value is -3.48. The number of benzene rings is 2. The van der Waals surface area contributed by atoms with Crippen LogP contribution >= 0.6 is 0 Å². The maximum atomic E-state index is 13.2. The minimum Gasteiger partial charge on any atom is -0.496 e. The molecule has 30 heavy (non-hydrogen) atoms. The number of para-hydroxylation sites is 1. The predicted octanol–water partition coefficient (Wildman–Crippen LogP) is 3.21. The van der Waals surface area contributed by atoms with E-state index in [4.69, 9.17) is 14.2 Å². The highest BCUT2D eigenvalue weighted by Crippen LogP contribution is 2.33. The van der Waals surface area contributed by atoms with Crippen molar-refractivity contribution in [3.63, 3.8) is 0 Å². The summed E-state index contributed by atoms with van der Waals surface area (Å²) in [5.41, 5.74) is 1.31. The van der Waals surface area contributed by atoms with Crippen LogP contribution in [0, 0.1) is 0 Å². The molecule has 0 aliphatic carbocycles. The summed E-state index contributed by atoms with van der Waals surface area (Å²) >= 11 is 0. The van der Waals surface area contributed by atoms with E-state index in [9.17, 15) is 9.59 Å². The minimum absolute atomic E-state index is 0.173. The zero-order valence-corrected chi connectivity index (χ0v) is 16.8. The lowest BCUT2D eigenvalue weighted by atomic mass is 10.1. The van der Waals surface area contributed by atoms with Crippen molar-refractivity contribution in [1.29, 1.82) is 0 Å². The fraction of sp³-hybridized carbons (Fsp3) is 0.304. The van der Waals surface area contributed by atoms with Gasteiger partial charge in [0.2, 0.25) is 6.79 Å². The Morgan fingerprint density at radius 3 is 2.60 bits per heavy atom. The van der Waals surface area contributed by atoms with Gasteiger partial charge in [-0.25, -0.2) is 0 Å². The van der Waals surface area contributed by atoms with Crippen LogP contribution in [0.25, 0.3) is 6.08 Å². The molecule has 2 aliphatic rings. The molecule has 2 aromatic rings. The van der Waals surface area contributed by atoms with Crippen molar-refractivity contribution in [1.82, 2.24) is 10.2 Å². The molecule has 0 atom stereocenters. The lowest BCUT2D eigenvalue weighted by Crippen LogP contribution is -2.41. The molecule has 0 spiro atoms. The molecule has 7 nitrogen and oxygen atoms in total. The highest BCUT2D eigenvalue weighted by molar-refractivity contribution is 6.06. The zero-order valence-electron chi connectivity index (χ0n) is 16.8. The second kappa shape index (κ2) is 8.90. The molecule has 7 heteroatoms. The largest absolute Gasteiger partial charge is 0.496 e. The van der Waals surface area contributed by atoms with Crippen LogP contribution in [0.3, 0.4) is 0 Å². The molecule has 2 heterocycles. The van der Waals surface area contributed by atoms with Gasteiger partial charge in [0.1, 0.15) is 11.4 Å². The number of hydrogen-bond acceptors (Lipinski definition) is 5. The van der Waals surface area contributed by atoms with E-state index < -0.39 is 5.91 Å². The number of carbonyl (C=O) groups is 2. The number of nitrogens with one attached hydrogen (secondary N) is 1. The van der Waals surface area contributed by atoms with E-state index in [2.05, 4.69) is 5.32 Å². The second-order valence-electron chi connectivity index (χ2n) is 7.18. The van der Waals surface area contributed by atoms with Gasteiger partial charge in [0, 0.05) is 13.1 Å². The second-order valence-corrected chi connectivity index (χ2v) is 7.18. The molecular weight excluding hydrogens is 384 g/mol. The number of amides is 2. The fourth-order valence-electron chi connectivity index (χ4n) is 3.61. The molecule has 1 fully saturated rings. The molecule has 0 bridgehead atoms. The smallest absolute Gasteiger partial charge is 0.270 e. The number of nitrogens with zero attached hydrogens (tertiary/aromatic N) is 1. The molecular formula is C23H24N2O5. The SMILES string of the molecule is COc1ccccc1C(=O)N/C(=C/c1ccc2c(c1)OCO2)C(=O)N1CCCCC1. The van der Waals surface area contributed by atoms with Crippen LogP contribution in [0.4, 0.5) is 0 Å². The quantitative estimate of drug-likeness (QED) is 0.769. The minimum atomic E-state index is -0.398. The number of methoxy groups -OCH3 is 1. The van der Waals surface area contributed by atoms with Crippen LogP contribution < -0.4 is 19.5 Å². The van der Waals surface area contributed by atoms with Gasteiger partial charge in [-0.1, -0.05) is 18.2 Å². The maximum Gasteiger partial charge on any atom is 0.270 e. The number of rotatable bonds is 5. The van der Waals surface area contributed by atoms with Crippen molar-refractivity contribution in [2.24, 2.45) is 0 Å². The lowest BCUT2D eigenvalue weighted by Gasteiger charge is -2.27. The zero-order chi connectivity index (χ0) is 20.9. The Morgan fingerprint density at radius 1 is 1.03 bits per heavy atom. The molecule has 0 radical (unpaired) electrons. The third-order valence-corrected chi connectivity index (χ3v) is 5.18. The highest BCUT2D eigenvalue weighted by atomic mass is 16.7. The van der Waals surface area contributed by atoms with Crippen LogP contribution in [0.15, 0.2) is 48.2 Å². The average molecular weight is 408 g/mol. The topological polar surface area (TPSA) is 77.1 Å². The summed E-state index contributed by atoms with van der Waals surface area (Å²) in [6, 6.07) is 12.3. The van der Waals surface area contributed by atoms with E-state index in [-0.39, 0.29) is 18.4 Å². The molecule has 156 valence electrons. The van der Waals surface area contributed by atoms with Crippen LogP contribution in [-0.4, -0.2) is 43.7 Å². The Bertz CT molecular complexity index is 979. The Kier molecular flexibility index (Phi) is 5.88. The first-order valence-corrected chi connectivity index (χ1v) is 10.0. The van der Waals surface area contributed by atoms with Crippen molar-refractivity contribution in [2.75, 3.05) is 27.0 Å². The van der Waals surface area contributed by atoms with Crippen molar-refractivity contribution < 1.29 is 23.8 Å². The molecule has 2 amide bonds. The van der Waals surface area contributed by atoms with Gasteiger partial charge in [0.05, 0.1) is 12.7 Å². The van der Waals surface area contributed by atoms with Crippen LogP contribution in [0.1, 0.15) is 35.2 Å². The number of hydrogen-bond donors (Lipinski definition) is 1. The molecule has 4 rings (SSSR count). The first kappa shape index (κ1) is 19.8. The van der Waals surface area contributed by atoms with Crippen molar-refractivity contribution in [2.45, 2.75) is 19.3 Å². The van der Waals surface area contributed by atoms with Gasteiger partial charge < -0.3 is 24.4 Å². The summed E-state index contributed by atoms with van der Waals surface area (Å²) in [6.07, 6.45) is 4.71. The predicted molar refractivity (Wildman–Crippen MR) is 111 cm³/mol. The number of ether oxygens (including phenoxy) is 3. The monoisotopic (exact) mass is 408 g/mol. The van der Waals surface area contributed by atoms with Crippen LogP contribution in [0.2, 0.25) is 0 Å². The molecule has 0 aromatic heterocycles. The molecule has 0 unspecified atom stereocenters. The number of carbonyl (C=O) groups excluding carboxylic acids is 2. The molecule has 2 aliphatic heterocycles. The Balaban J connectivity index is 1.64. The first-order chi connectivity index (χ1) is 14.7. The molecule has 2 aromatic carbocycles. The lowest BCUT2D eigenvalue weighted by molar-refractivity contribution is -0.128.